The zero-order chi connectivity index (χ0) is 15.0. The molecule has 0 aliphatic heterocycles. The van der Waals surface area contributed by atoms with Crippen LogP contribution in [0.15, 0.2) is 6.33 Å². The quantitative estimate of drug-likeness (QED) is 0.849. The molecule has 114 valence electrons. The van der Waals surface area contributed by atoms with Crippen LogP contribution >= 0.6 is 11.6 Å². The van der Waals surface area contributed by atoms with Gasteiger partial charge in [0.1, 0.15) is 5.52 Å². The lowest BCUT2D eigenvalue weighted by molar-refractivity contribution is 0.234. The molecule has 0 spiro atoms. The van der Waals surface area contributed by atoms with Gasteiger partial charge in [-0.25, -0.2) is 4.98 Å². The Morgan fingerprint density at radius 1 is 1.38 bits per heavy atom. The van der Waals surface area contributed by atoms with Crippen molar-refractivity contribution in [3.05, 3.63) is 11.6 Å². The van der Waals surface area contributed by atoms with Gasteiger partial charge in [0.05, 0.1) is 18.5 Å². The van der Waals surface area contributed by atoms with Gasteiger partial charge in [0, 0.05) is 6.04 Å². The third-order valence-electron chi connectivity index (χ3n) is 3.97. The van der Waals surface area contributed by atoms with Gasteiger partial charge in [0.2, 0.25) is 5.28 Å². The SMILES string of the molecule is CC(C)(CO)Nc1nc(Cl)nc2ncn(C3CCCC3)c12. The van der Waals surface area contributed by atoms with E-state index in [0.29, 0.717) is 17.5 Å². The lowest BCUT2D eigenvalue weighted by Crippen LogP contribution is -2.35. The minimum absolute atomic E-state index is 0.00627. The van der Waals surface area contributed by atoms with Crippen LogP contribution < -0.4 is 5.32 Å². The van der Waals surface area contributed by atoms with Crippen LogP contribution in [-0.2, 0) is 0 Å². The van der Waals surface area contributed by atoms with Gasteiger partial charge in [-0.15, -0.1) is 0 Å². The van der Waals surface area contributed by atoms with E-state index in [0.717, 1.165) is 18.4 Å². The molecule has 1 aliphatic rings. The van der Waals surface area contributed by atoms with Gasteiger partial charge in [-0.2, -0.15) is 9.97 Å². The number of rotatable bonds is 4. The molecule has 2 aromatic heterocycles. The van der Waals surface area contributed by atoms with E-state index < -0.39 is 5.54 Å². The average Bonchev–Trinajstić information content (AvgIpc) is 3.05. The van der Waals surface area contributed by atoms with Crippen LogP contribution in [0, 0.1) is 0 Å². The Labute approximate surface area is 128 Å². The molecule has 3 rings (SSSR count). The highest BCUT2D eigenvalue weighted by molar-refractivity contribution is 6.28. The second-order valence-corrected chi connectivity index (χ2v) is 6.61. The van der Waals surface area contributed by atoms with E-state index in [-0.39, 0.29) is 11.9 Å². The van der Waals surface area contributed by atoms with E-state index in [1.54, 1.807) is 0 Å². The maximum atomic E-state index is 9.47. The lowest BCUT2D eigenvalue weighted by Gasteiger charge is -2.25. The van der Waals surface area contributed by atoms with Crippen molar-refractivity contribution in [3.63, 3.8) is 0 Å². The molecule has 1 aliphatic carbocycles. The summed E-state index contributed by atoms with van der Waals surface area (Å²) in [7, 11) is 0. The molecule has 0 unspecified atom stereocenters. The lowest BCUT2D eigenvalue weighted by atomic mass is 10.1. The molecular weight excluding hydrogens is 290 g/mol. The summed E-state index contributed by atoms with van der Waals surface area (Å²) in [6, 6.07) is 0.442. The zero-order valence-electron chi connectivity index (χ0n) is 12.3. The Morgan fingerprint density at radius 2 is 2.10 bits per heavy atom. The fourth-order valence-corrected chi connectivity index (χ4v) is 2.99. The van der Waals surface area contributed by atoms with Crippen molar-refractivity contribution in [2.45, 2.75) is 51.1 Å². The largest absolute Gasteiger partial charge is 0.394 e. The Kier molecular flexibility index (Phi) is 3.75. The summed E-state index contributed by atoms with van der Waals surface area (Å²) in [5.74, 6) is 0.633. The number of aliphatic hydroxyl groups is 1. The minimum Gasteiger partial charge on any atom is -0.394 e. The van der Waals surface area contributed by atoms with Crippen LogP contribution in [0.3, 0.4) is 0 Å². The number of aliphatic hydroxyl groups excluding tert-OH is 1. The number of imidazole rings is 1. The normalized spacial score (nSPS) is 16.8. The summed E-state index contributed by atoms with van der Waals surface area (Å²) < 4.78 is 2.15. The number of aromatic nitrogens is 4. The monoisotopic (exact) mass is 309 g/mol. The second kappa shape index (κ2) is 5.42. The van der Waals surface area contributed by atoms with Crippen LogP contribution in [0.4, 0.5) is 5.82 Å². The van der Waals surface area contributed by atoms with Gasteiger partial charge in [0.25, 0.3) is 0 Å². The summed E-state index contributed by atoms with van der Waals surface area (Å²) in [6.07, 6.45) is 6.60. The van der Waals surface area contributed by atoms with Crippen molar-refractivity contribution in [3.8, 4) is 0 Å². The number of halogens is 1. The van der Waals surface area contributed by atoms with Crippen LogP contribution in [-0.4, -0.2) is 36.8 Å². The molecule has 0 radical (unpaired) electrons. The first-order chi connectivity index (χ1) is 10.00. The van der Waals surface area contributed by atoms with E-state index in [1.807, 2.05) is 20.2 Å². The highest BCUT2D eigenvalue weighted by Gasteiger charge is 2.24. The number of nitrogens with one attached hydrogen (secondary N) is 1. The molecular formula is C14H20ClN5O. The smallest absolute Gasteiger partial charge is 0.226 e. The topological polar surface area (TPSA) is 75.9 Å². The van der Waals surface area contributed by atoms with Crippen LogP contribution in [0.1, 0.15) is 45.6 Å². The van der Waals surface area contributed by atoms with Crippen molar-refractivity contribution >= 4 is 28.6 Å². The fourth-order valence-electron chi connectivity index (χ4n) is 2.83. The number of anilines is 1. The second-order valence-electron chi connectivity index (χ2n) is 6.27. The Hall–Kier alpha value is -1.40. The summed E-state index contributed by atoms with van der Waals surface area (Å²) in [6.45, 7) is 3.81. The number of nitrogens with zero attached hydrogens (tertiary/aromatic N) is 4. The molecule has 0 saturated heterocycles. The molecule has 1 saturated carbocycles. The molecule has 0 aromatic carbocycles. The van der Waals surface area contributed by atoms with Crippen molar-refractivity contribution in [2.24, 2.45) is 0 Å². The number of hydrogen-bond donors (Lipinski definition) is 2. The third kappa shape index (κ3) is 2.82. The van der Waals surface area contributed by atoms with Crippen molar-refractivity contribution in [1.82, 2.24) is 19.5 Å². The Bertz CT molecular complexity index is 648. The van der Waals surface area contributed by atoms with Gasteiger partial charge < -0.3 is 15.0 Å². The van der Waals surface area contributed by atoms with Crippen molar-refractivity contribution in [2.75, 3.05) is 11.9 Å². The van der Waals surface area contributed by atoms with Gasteiger partial charge in [-0.05, 0) is 38.3 Å². The first kappa shape index (κ1) is 14.5. The molecule has 0 amide bonds. The predicted molar refractivity (Wildman–Crippen MR) is 82.6 cm³/mol. The minimum atomic E-state index is -0.491. The van der Waals surface area contributed by atoms with E-state index in [4.69, 9.17) is 11.6 Å². The van der Waals surface area contributed by atoms with Gasteiger partial charge in [-0.1, -0.05) is 12.8 Å². The van der Waals surface area contributed by atoms with Gasteiger partial charge >= 0.3 is 0 Å². The average molecular weight is 310 g/mol. The van der Waals surface area contributed by atoms with E-state index >= 15 is 0 Å². The molecule has 2 heterocycles. The Morgan fingerprint density at radius 3 is 2.76 bits per heavy atom. The third-order valence-corrected chi connectivity index (χ3v) is 4.14. The molecule has 0 atom stereocenters. The maximum absolute atomic E-state index is 9.47. The summed E-state index contributed by atoms with van der Waals surface area (Å²) in [5, 5.41) is 12.9. The molecule has 6 nitrogen and oxygen atoms in total. The molecule has 7 heteroatoms. The number of fused-ring (bicyclic) bond motifs is 1. The molecule has 2 N–H and O–H groups in total. The predicted octanol–water partition coefficient (Wildman–Crippen LogP) is 2.78. The zero-order valence-corrected chi connectivity index (χ0v) is 13.1. The number of hydrogen-bond acceptors (Lipinski definition) is 5. The Balaban J connectivity index is 2.10. The molecule has 1 fully saturated rings. The first-order valence-electron chi connectivity index (χ1n) is 7.29. The summed E-state index contributed by atoms with van der Waals surface area (Å²) >= 11 is 5.99. The molecule has 2 aromatic rings. The maximum Gasteiger partial charge on any atom is 0.226 e. The fraction of sp³-hybridized carbons (Fsp3) is 0.643. The van der Waals surface area contributed by atoms with Crippen molar-refractivity contribution in [1.29, 1.82) is 0 Å². The van der Waals surface area contributed by atoms with E-state index in [9.17, 15) is 5.11 Å². The van der Waals surface area contributed by atoms with Crippen molar-refractivity contribution < 1.29 is 5.11 Å². The standard InChI is InChI=1S/C14H20ClN5O/c1-14(2,7-21)19-12-10-11(17-13(15)18-12)16-8-20(10)9-5-3-4-6-9/h8-9,21H,3-7H2,1-2H3,(H,17,18,19). The molecule has 21 heavy (non-hydrogen) atoms. The van der Waals surface area contributed by atoms with Gasteiger partial charge in [-0.3, -0.25) is 0 Å². The van der Waals surface area contributed by atoms with Crippen LogP contribution in [0.5, 0.6) is 0 Å². The van der Waals surface area contributed by atoms with Crippen LogP contribution in [0.2, 0.25) is 5.28 Å². The summed E-state index contributed by atoms with van der Waals surface area (Å²) in [4.78, 5) is 12.9. The highest BCUT2D eigenvalue weighted by atomic mass is 35.5. The highest BCUT2D eigenvalue weighted by Crippen LogP contribution is 2.34. The van der Waals surface area contributed by atoms with E-state index in [1.165, 1.54) is 12.8 Å². The molecule has 0 bridgehead atoms. The van der Waals surface area contributed by atoms with Gasteiger partial charge in [0.15, 0.2) is 11.5 Å². The first-order valence-corrected chi connectivity index (χ1v) is 7.67. The van der Waals surface area contributed by atoms with Crippen LogP contribution in [0.25, 0.3) is 11.2 Å². The summed E-state index contributed by atoms with van der Waals surface area (Å²) in [5.41, 5.74) is 0.973. The van der Waals surface area contributed by atoms with E-state index in [2.05, 4.69) is 24.8 Å².